The van der Waals surface area contributed by atoms with E-state index in [9.17, 15) is 19.8 Å². The Morgan fingerprint density at radius 3 is 1.13 bits per heavy atom. The Morgan fingerprint density at radius 2 is 0.831 bits per heavy atom. The average Bonchev–Trinajstić information content (AvgIpc) is 0.766. The molecule has 10 nitrogen and oxygen atoms in total. The molecule has 2 amide bonds. The van der Waals surface area contributed by atoms with Gasteiger partial charge in [-0.1, -0.05) is 236 Å². The lowest BCUT2D eigenvalue weighted by Crippen LogP contribution is -2.71. The Hall–Kier alpha value is -4.60. The van der Waals surface area contributed by atoms with E-state index < -0.39 is 62.5 Å². The lowest BCUT2D eigenvalue weighted by atomic mass is 9.64. The Labute approximate surface area is 544 Å². The third kappa shape index (κ3) is 18.0. The van der Waals surface area contributed by atoms with Crippen molar-refractivity contribution in [1.29, 1.82) is 0 Å². The Balaban J connectivity index is 2.27. The van der Waals surface area contributed by atoms with Crippen molar-refractivity contribution >= 4 is 23.8 Å². The first-order chi connectivity index (χ1) is 41.9. The van der Waals surface area contributed by atoms with E-state index in [2.05, 4.69) is 134 Å². The zero-order valence-electron chi connectivity index (χ0n) is 60.1. The molecule has 504 valence electrons. The molecule has 4 rings (SSSR count). The van der Waals surface area contributed by atoms with Crippen LogP contribution in [0.5, 0.6) is 11.5 Å². The Bertz CT molecular complexity index is 2460. The monoisotopic (exact) mass is 1230 g/mol. The maximum Gasteiger partial charge on any atom is 0.324 e. The van der Waals surface area contributed by atoms with Crippen LogP contribution >= 0.6 is 0 Å². The summed E-state index contributed by atoms with van der Waals surface area (Å²) >= 11 is 0. The van der Waals surface area contributed by atoms with Crippen molar-refractivity contribution in [3.63, 3.8) is 0 Å². The van der Waals surface area contributed by atoms with Crippen LogP contribution in [0.15, 0.2) is 49.6 Å². The molecular formula is C79H130N2O8. The maximum absolute atomic E-state index is 17.3. The van der Waals surface area contributed by atoms with Crippen molar-refractivity contribution in [2.75, 3.05) is 0 Å². The number of carbonyl (C=O) groups is 4. The molecule has 2 N–H and O–H groups in total. The number of carbonyl (C=O) groups excluding carboxylic acids is 4. The first kappa shape index (κ1) is 76.9. The van der Waals surface area contributed by atoms with Crippen molar-refractivity contribution in [2.24, 2.45) is 17.3 Å². The molecule has 10 heteroatoms. The number of hydrogen-bond donors (Lipinski definition) is 2. The lowest BCUT2D eigenvalue weighted by Gasteiger charge is -2.61. The van der Waals surface area contributed by atoms with Gasteiger partial charge in [-0.05, 0) is 151 Å². The number of piperidine rings is 2. The first-order valence-electron chi connectivity index (χ1n) is 36.0. The fourth-order valence-electron chi connectivity index (χ4n) is 16.8. The van der Waals surface area contributed by atoms with Gasteiger partial charge in [-0.2, -0.15) is 0 Å². The lowest BCUT2D eigenvalue weighted by molar-refractivity contribution is -0.203. The predicted molar refractivity (Wildman–Crippen MR) is 371 cm³/mol. The molecule has 2 aromatic carbocycles. The molecule has 89 heavy (non-hydrogen) atoms. The van der Waals surface area contributed by atoms with Gasteiger partial charge < -0.3 is 29.5 Å². The fraction of sp³-hybridized carbons (Fsp3) is 0.747. The van der Waals surface area contributed by atoms with Gasteiger partial charge in [0.1, 0.15) is 23.7 Å². The molecule has 2 aliphatic heterocycles. The second-order valence-corrected chi connectivity index (χ2v) is 30.4. The van der Waals surface area contributed by atoms with Gasteiger partial charge in [0.05, 0.1) is 0 Å². The summed E-state index contributed by atoms with van der Waals surface area (Å²) in [7, 11) is 0. The summed E-state index contributed by atoms with van der Waals surface area (Å²) in [5.74, 6) is -1.73. The second-order valence-electron chi connectivity index (χ2n) is 30.4. The van der Waals surface area contributed by atoms with Crippen LogP contribution in [0, 0.1) is 31.1 Å². The quantitative estimate of drug-likeness (QED) is 0.0294. The third-order valence-corrected chi connectivity index (χ3v) is 21.9. The summed E-state index contributed by atoms with van der Waals surface area (Å²) in [6, 6.07) is 7.96. The van der Waals surface area contributed by atoms with Crippen molar-refractivity contribution in [1.82, 2.24) is 9.80 Å². The number of phenols is 2. The van der Waals surface area contributed by atoms with Crippen molar-refractivity contribution in [3.8, 4) is 11.5 Å². The number of likely N-dealkylation sites (tertiary alicyclic amines) is 2. The van der Waals surface area contributed by atoms with Crippen LogP contribution < -0.4 is 0 Å². The van der Waals surface area contributed by atoms with E-state index in [0.29, 0.717) is 73.6 Å². The number of nitrogens with zero attached hydrogens (tertiary/aromatic N) is 2. The zero-order chi connectivity index (χ0) is 66.8. The van der Waals surface area contributed by atoms with E-state index in [-0.39, 0.29) is 48.0 Å². The summed E-state index contributed by atoms with van der Waals surface area (Å²) < 4.78 is 15.0. The number of phenolic OH excluding ortho intramolecular Hbond substituents is 2. The fourth-order valence-corrected chi connectivity index (χ4v) is 16.8. The number of esters is 2. The molecule has 0 radical (unpaired) electrons. The SMILES string of the molecule is C=CC(=O)N1C(C)(CCCC)CC(OC(=O)C(Cc2cc(C)c(O)c(C(C)(C)CCCCCC)c2)(Cc2cc(C)c(O)c(C(C)(C)CCCCCC)c2)C(=O)OC2CC(C)(CCCC)N(C(=O)C=C)C(C)(CCCC)C2CCC)C(CCC)C1(C)CCCC. The van der Waals surface area contributed by atoms with Gasteiger partial charge in [0.25, 0.3) is 0 Å². The maximum atomic E-state index is 17.3. The normalized spacial score (nSPS) is 24.2. The van der Waals surface area contributed by atoms with E-state index in [1.807, 2.05) is 38.1 Å². The molecule has 2 saturated heterocycles. The molecular weight excluding hydrogens is 1100 g/mol. The molecule has 2 aromatic rings. The van der Waals surface area contributed by atoms with Crippen molar-refractivity contribution in [3.05, 3.63) is 83.0 Å². The summed E-state index contributed by atoms with van der Waals surface area (Å²) in [6.45, 7) is 46.8. The van der Waals surface area contributed by atoms with E-state index in [1.54, 1.807) is 0 Å². The van der Waals surface area contributed by atoms with Gasteiger partial charge >= 0.3 is 11.9 Å². The van der Waals surface area contributed by atoms with Crippen LogP contribution in [0.3, 0.4) is 0 Å². The summed E-state index contributed by atoms with van der Waals surface area (Å²) in [6.07, 6.45) is 25.1. The minimum Gasteiger partial charge on any atom is -0.507 e. The minimum absolute atomic E-state index is 0.0980. The van der Waals surface area contributed by atoms with E-state index >= 15 is 9.59 Å². The number of rotatable bonds is 38. The van der Waals surface area contributed by atoms with Crippen LogP contribution in [-0.4, -0.2) is 78.1 Å². The van der Waals surface area contributed by atoms with E-state index in [1.165, 1.54) is 12.2 Å². The highest BCUT2D eigenvalue weighted by Crippen LogP contribution is 2.54. The van der Waals surface area contributed by atoms with Crippen LogP contribution in [0.2, 0.25) is 0 Å². The first-order valence-corrected chi connectivity index (χ1v) is 36.0. The second kappa shape index (κ2) is 33.8. The Morgan fingerprint density at radius 1 is 0.506 bits per heavy atom. The molecule has 2 fully saturated rings. The number of hydrogen-bond acceptors (Lipinski definition) is 8. The summed E-state index contributed by atoms with van der Waals surface area (Å²) in [5, 5.41) is 24.4. The van der Waals surface area contributed by atoms with Gasteiger partial charge in [0, 0.05) is 58.0 Å². The molecule has 0 aromatic heterocycles. The summed E-state index contributed by atoms with van der Waals surface area (Å²) in [5.41, 5.74) is -1.59. The molecule has 2 heterocycles. The largest absolute Gasteiger partial charge is 0.507 e. The van der Waals surface area contributed by atoms with E-state index in [0.717, 1.165) is 140 Å². The molecule has 2 aliphatic rings. The number of aromatic hydroxyl groups is 2. The van der Waals surface area contributed by atoms with Gasteiger partial charge in [0.15, 0.2) is 5.41 Å². The van der Waals surface area contributed by atoms with Crippen LogP contribution in [0.1, 0.15) is 324 Å². The minimum atomic E-state index is -2.03. The molecule has 0 aliphatic carbocycles. The number of unbranched alkanes of at least 4 members (excludes halogenated alkanes) is 10. The van der Waals surface area contributed by atoms with E-state index in [4.69, 9.17) is 9.47 Å². The van der Waals surface area contributed by atoms with Gasteiger partial charge in [-0.25, -0.2) is 0 Å². The molecule has 0 spiro atoms. The topological polar surface area (TPSA) is 134 Å². The highest BCUT2D eigenvalue weighted by molar-refractivity contribution is 6.01. The molecule has 8 atom stereocenters. The number of amides is 2. The molecule has 8 unspecified atom stereocenters. The van der Waals surface area contributed by atoms with Gasteiger partial charge in [-0.15, -0.1) is 0 Å². The average molecular weight is 1240 g/mol. The smallest absolute Gasteiger partial charge is 0.324 e. The zero-order valence-corrected chi connectivity index (χ0v) is 60.1. The molecule has 0 bridgehead atoms. The van der Waals surface area contributed by atoms with Crippen molar-refractivity contribution in [2.45, 2.75) is 362 Å². The van der Waals surface area contributed by atoms with Crippen LogP contribution in [0.25, 0.3) is 0 Å². The van der Waals surface area contributed by atoms with Crippen LogP contribution in [-0.2, 0) is 52.3 Å². The highest BCUT2D eigenvalue weighted by Gasteiger charge is 2.62. The third-order valence-electron chi connectivity index (χ3n) is 21.9. The molecule has 0 saturated carbocycles. The van der Waals surface area contributed by atoms with Gasteiger partial charge in [0.2, 0.25) is 11.8 Å². The Kier molecular flexibility index (Phi) is 29.2. The standard InChI is InChI=1S/C79H130N2O8/c1-21-31-37-39-43-73(13,14)63-51-59(49-57(11)69(63)84)53-79(54-60-50-58(12)70(85)64(52-60)74(15,16)44-40-38-32-22-2,71(86)88-65-55-75(17,45-33-23-3)80(67(82)29-9)77(19,47-35-25-5)61(65)41-27-7)72(87)89-66-56-76(18,46-34-24-4)81(68(83)30-10)78(20,48-36-26-6)62(66)42-28-8/h29-30,49-52,61-62,65-66,84-85H,9-10,21-28,31-48,53-56H2,1-8,11-20H3. The number of benzene rings is 2. The highest BCUT2D eigenvalue weighted by atomic mass is 16.6. The van der Waals surface area contributed by atoms with Crippen molar-refractivity contribution < 1.29 is 38.9 Å². The number of aryl methyl sites for hydroxylation is 2. The summed E-state index contributed by atoms with van der Waals surface area (Å²) in [4.78, 5) is 68.2. The predicted octanol–water partition coefficient (Wildman–Crippen LogP) is 20.3. The number of ether oxygens (including phenoxy) is 2. The van der Waals surface area contributed by atoms with Crippen LogP contribution in [0.4, 0.5) is 0 Å². The van der Waals surface area contributed by atoms with Gasteiger partial charge in [-0.3, -0.25) is 19.2 Å².